The van der Waals surface area contributed by atoms with Gasteiger partial charge in [-0.25, -0.2) is 4.98 Å². The Morgan fingerprint density at radius 2 is 2.15 bits per heavy atom. The molecule has 0 aliphatic carbocycles. The summed E-state index contributed by atoms with van der Waals surface area (Å²) in [5.41, 5.74) is 1.15. The van der Waals surface area contributed by atoms with Gasteiger partial charge in [-0.1, -0.05) is 19.9 Å². The minimum absolute atomic E-state index is 0.0134. The molecule has 0 spiro atoms. The molecule has 0 aliphatic heterocycles. The van der Waals surface area contributed by atoms with Gasteiger partial charge in [-0.2, -0.15) is 0 Å². The molecule has 112 valence electrons. The van der Waals surface area contributed by atoms with Gasteiger partial charge in [0, 0.05) is 26.3 Å². The molecule has 1 aromatic heterocycles. The lowest BCUT2D eigenvalue weighted by Crippen LogP contribution is -2.35. The number of aromatic nitrogens is 1. The average Bonchev–Trinajstić information content (AvgIpc) is 2.39. The number of amides is 1. The first-order valence-corrected chi connectivity index (χ1v) is 7.16. The van der Waals surface area contributed by atoms with Crippen molar-refractivity contribution in [3.05, 3.63) is 23.9 Å². The second-order valence-electron chi connectivity index (χ2n) is 5.36. The largest absolute Gasteiger partial charge is 0.355 e. The summed E-state index contributed by atoms with van der Waals surface area (Å²) in [6.07, 6.45) is 1.86. The minimum Gasteiger partial charge on any atom is -0.355 e. The molecule has 0 unspecified atom stereocenters. The van der Waals surface area contributed by atoms with Crippen molar-refractivity contribution in [3.63, 3.8) is 0 Å². The molecule has 0 aromatic carbocycles. The molecule has 0 fully saturated rings. The topological polar surface area (TPSA) is 57.3 Å². The molecule has 2 N–H and O–H groups in total. The van der Waals surface area contributed by atoms with Crippen LogP contribution in [0.4, 0.5) is 5.82 Å². The summed E-state index contributed by atoms with van der Waals surface area (Å²) in [5, 5.41) is 6.16. The number of likely N-dealkylation sites (N-methyl/N-ethyl adjacent to an activating group) is 2. The van der Waals surface area contributed by atoms with Crippen LogP contribution >= 0.6 is 0 Å². The van der Waals surface area contributed by atoms with Gasteiger partial charge >= 0.3 is 0 Å². The normalized spacial score (nSPS) is 10.7. The monoisotopic (exact) mass is 278 g/mol. The number of hydrogen-bond donors (Lipinski definition) is 2. The number of nitrogens with zero attached hydrogens (tertiary/aromatic N) is 2. The van der Waals surface area contributed by atoms with Gasteiger partial charge in [0.1, 0.15) is 5.82 Å². The number of nitrogens with one attached hydrogen (secondary N) is 2. The fourth-order valence-corrected chi connectivity index (χ4v) is 1.80. The standard InChI is InChI=1S/C15H26N4O/c1-5-17-15(20)11-19(4)14-7-6-13(10-18-14)9-16-8-12(2)3/h6-7,10,12,16H,5,8-9,11H2,1-4H3,(H,17,20). The van der Waals surface area contributed by atoms with E-state index in [1.165, 1.54) is 0 Å². The summed E-state index contributed by atoms with van der Waals surface area (Å²) in [4.78, 5) is 17.7. The maximum atomic E-state index is 11.5. The van der Waals surface area contributed by atoms with Crippen molar-refractivity contribution in [2.45, 2.75) is 27.3 Å². The SMILES string of the molecule is CCNC(=O)CN(C)c1ccc(CNCC(C)C)cn1. The molecule has 20 heavy (non-hydrogen) atoms. The highest BCUT2D eigenvalue weighted by molar-refractivity contribution is 5.80. The maximum absolute atomic E-state index is 11.5. The molecule has 0 atom stereocenters. The van der Waals surface area contributed by atoms with Crippen LogP contribution in [0.15, 0.2) is 18.3 Å². The van der Waals surface area contributed by atoms with E-state index in [9.17, 15) is 4.79 Å². The Bertz CT molecular complexity index is 403. The van der Waals surface area contributed by atoms with E-state index in [1.807, 2.05) is 37.2 Å². The van der Waals surface area contributed by atoms with Crippen molar-refractivity contribution in [2.24, 2.45) is 5.92 Å². The van der Waals surface area contributed by atoms with Crippen LogP contribution in [0, 0.1) is 5.92 Å². The van der Waals surface area contributed by atoms with Crippen LogP contribution in [0.25, 0.3) is 0 Å². The minimum atomic E-state index is 0.0134. The van der Waals surface area contributed by atoms with Gasteiger partial charge in [0.25, 0.3) is 0 Å². The maximum Gasteiger partial charge on any atom is 0.239 e. The third-order valence-corrected chi connectivity index (χ3v) is 2.84. The highest BCUT2D eigenvalue weighted by Crippen LogP contribution is 2.09. The van der Waals surface area contributed by atoms with E-state index in [4.69, 9.17) is 0 Å². The zero-order valence-corrected chi connectivity index (χ0v) is 12.9. The van der Waals surface area contributed by atoms with Crippen LogP contribution in [0.5, 0.6) is 0 Å². The second kappa shape index (κ2) is 8.53. The highest BCUT2D eigenvalue weighted by Gasteiger charge is 2.07. The van der Waals surface area contributed by atoms with E-state index < -0.39 is 0 Å². The van der Waals surface area contributed by atoms with Gasteiger partial charge < -0.3 is 15.5 Å². The van der Waals surface area contributed by atoms with E-state index in [0.29, 0.717) is 19.0 Å². The predicted octanol–water partition coefficient (Wildman–Crippen LogP) is 1.40. The van der Waals surface area contributed by atoms with Gasteiger partial charge in [-0.15, -0.1) is 0 Å². The van der Waals surface area contributed by atoms with Crippen molar-refractivity contribution in [3.8, 4) is 0 Å². The average molecular weight is 278 g/mol. The van der Waals surface area contributed by atoms with Crippen LogP contribution in [-0.2, 0) is 11.3 Å². The molecule has 5 heteroatoms. The van der Waals surface area contributed by atoms with E-state index in [2.05, 4.69) is 29.5 Å². The Labute approximate surface area is 121 Å². The Hall–Kier alpha value is -1.62. The summed E-state index contributed by atoms with van der Waals surface area (Å²) in [5.74, 6) is 1.47. The third-order valence-electron chi connectivity index (χ3n) is 2.84. The van der Waals surface area contributed by atoms with Crippen LogP contribution in [0.1, 0.15) is 26.3 Å². The Kier molecular flexibility index (Phi) is 7.01. The number of rotatable bonds is 8. The number of hydrogen-bond acceptors (Lipinski definition) is 4. The third kappa shape index (κ3) is 6.02. The molecule has 0 saturated carbocycles. The zero-order valence-electron chi connectivity index (χ0n) is 12.9. The van der Waals surface area contributed by atoms with Crippen molar-refractivity contribution in [2.75, 3.05) is 31.6 Å². The van der Waals surface area contributed by atoms with Gasteiger partial charge in [0.15, 0.2) is 0 Å². The van der Waals surface area contributed by atoms with Gasteiger partial charge in [-0.3, -0.25) is 4.79 Å². The fourth-order valence-electron chi connectivity index (χ4n) is 1.80. The molecule has 0 aliphatic rings. The van der Waals surface area contributed by atoms with Crippen LogP contribution in [0.2, 0.25) is 0 Å². The number of carbonyl (C=O) groups excluding carboxylic acids is 1. The summed E-state index contributed by atoms with van der Waals surface area (Å²) in [6, 6.07) is 4.00. The molecular weight excluding hydrogens is 252 g/mol. The molecular formula is C15H26N4O. The second-order valence-corrected chi connectivity index (χ2v) is 5.36. The summed E-state index contributed by atoms with van der Waals surface area (Å²) in [6.45, 7) is 9.08. The van der Waals surface area contributed by atoms with Crippen molar-refractivity contribution < 1.29 is 4.79 Å². The summed E-state index contributed by atoms with van der Waals surface area (Å²) in [7, 11) is 1.87. The van der Waals surface area contributed by atoms with E-state index in [-0.39, 0.29) is 5.91 Å². The lowest BCUT2D eigenvalue weighted by molar-refractivity contribution is -0.119. The van der Waals surface area contributed by atoms with Crippen LogP contribution < -0.4 is 15.5 Å². The van der Waals surface area contributed by atoms with E-state index in [1.54, 1.807) is 0 Å². The van der Waals surface area contributed by atoms with Crippen molar-refractivity contribution in [1.82, 2.24) is 15.6 Å². The molecule has 1 heterocycles. The predicted molar refractivity (Wildman–Crippen MR) is 82.7 cm³/mol. The molecule has 0 saturated heterocycles. The van der Waals surface area contributed by atoms with Gasteiger partial charge in [0.05, 0.1) is 6.54 Å². The zero-order chi connectivity index (χ0) is 15.0. The molecule has 0 bridgehead atoms. The van der Waals surface area contributed by atoms with Crippen LogP contribution in [-0.4, -0.2) is 37.6 Å². The number of carbonyl (C=O) groups is 1. The first-order valence-electron chi connectivity index (χ1n) is 7.16. The van der Waals surface area contributed by atoms with Gasteiger partial charge in [0.2, 0.25) is 5.91 Å². The van der Waals surface area contributed by atoms with Crippen molar-refractivity contribution in [1.29, 1.82) is 0 Å². The molecule has 0 radical (unpaired) electrons. The summed E-state index contributed by atoms with van der Waals surface area (Å²) >= 11 is 0. The molecule has 5 nitrogen and oxygen atoms in total. The first kappa shape index (κ1) is 16.4. The van der Waals surface area contributed by atoms with E-state index in [0.717, 1.165) is 24.5 Å². The van der Waals surface area contributed by atoms with Gasteiger partial charge in [-0.05, 0) is 31.0 Å². The lowest BCUT2D eigenvalue weighted by atomic mass is 10.2. The van der Waals surface area contributed by atoms with E-state index >= 15 is 0 Å². The molecule has 1 rings (SSSR count). The molecule has 1 aromatic rings. The number of anilines is 1. The number of pyridine rings is 1. The molecule has 1 amide bonds. The highest BCUT2D eigenvalue weighted by atomic mass is 16.2. The smallest absolute Gasteiger partial charge is 0.239 e. The van der Waals surface area contributed by atoms with Crippen LogP contribution in [0.3, 0.4) is 0 Å². The Morgan fingerprint density at radius 3 is 2.70 bits per heavy atom. The Balaban J connectivity index is 2.46. The fraction of sp³-hybridized carbons (Fsp3) is 0.600. The quantitative estimate of drug-likeness (QED) is 0.755. The first-order chi connectivity index (χ1) is 9.52. The lowest BCUT2D eigenvalue weighted by Gasteiger charge is -2.17. The van der Waals surface area contributed by atoms with Crippen molar-refractivity contribution >= 4 is 11.7 Å². The summed E-state index contributed by atoms with van der Waals surface area (Å²) < 4.78 is 0. The Morgan fingerprint density at radius 1 is 1.40 bits per heavy atom.